The average molecular weight is 482 g/mol. The summed E-state index contributed by atoms with van der Waals surface area (Å²) in [5, 5.41) is 10.7. The van der Waals surface area contributed by atoms with Gasteiger partial charge in [0.2, 0.25) is 5.91 Å². The van der Waals surface area contributed by atoms with E-state index in [1.54, 1.807) is 4.68 Å². The third-order valence-electron chi connectivity index (χ3n) is 5.80. The fourth-order valence-electron chi connectivity index (χ4n) is 4.06. The van der Waals surface area contributed by atoms with Crippen LogP contribution >= 0.6 is 0 Å². The number of aryl methyl sites for hydroxylation is 2. The SMILES string of the molecule is CCCN(CC(=O)Nc1c(-c2ccccc2)c(C)nn1-c1ccc(C)cc1)C(=O)Nc1ccccc1. The third-order valence-corrected chi connectivity index (χ3v) is 5.80. The van der Waals surface area contributed by atoms with E-state index in [0.29, 0.717) is 18.1 Å². The Morgan fingerprint density at radius 3 is 2.14 bits per heavy atom. The second-order valence-electron chi connectivity index (χ2n) is 8.69. The molecule has 4 rings (SSSR count). The number of rotatable bonds is 8. The molecule has 0 aliphatic heterocycles. The van der Waals surface area contributed by atoms with Crippen molar-refractivity contribution in [3.63, 3.8) is 0 Å². The minimum atomic E-state index is -0.315. The van der Waals surface area contributed by atoms with Crippen LogP contribution in [0.25, 0.3) is 16.8 Å². The summed E-state index contributed by atoms with van der Waals surface area (Å²) in [7, 11) is 0. The molecule has 2 N–H and O–H groups in total. The van der Waals surface area contributed by atoms with E-state index in [2.05, 4.69) is 10.6 Å². The zero-order valence-electron chi connectivity index (χ0n) is 20.9. The number of nitrogens with zero attached hydrogens (tertiary/aromatic N) is 3. The molecule has 0 unspecified atom stereocenters. The second-order valence-corrected chi connectivity index (χ2v) is 8.69. The average Bonchev–Trinajstić information content (AvgIpc) is 3.20. The van der Waals surface area contributed by atoms with Crippen molar-refractivity contribution in [3.05, 3.63) is 96.2 Å². The molecule has 1 aromatic heterocycles. The molecule has 3 aromatic carbocycles. The lowest BCUT2D eigenvalue weighted by Crippen LogP contribution is -2.41. The molecule has 36 heavy (non-hydrogen) atoms. The lowest BCUT2D eigenvalue weighted by atomic mass is 10.1. The van der Waals surface area contributed by atoms with Crippen molar-refractivity contribution in [2.45, 2.75) is 27.2 Å². The number of benzene rings is 3. The van der Waals surface area contributed by atoms with E-state index < -0.39 is 0 Å². The van der Waals surface area contributed by atoms with Crippen LogP contribution in [-0.4, -0.2) is 39.7 Å². The van der Waals surface area contributed by atoms with E-state index in [9.17, 15) is 9.59 Å². The molecule has 7 nitrogen and oxygen atoms in total. The van der Waals surface area contributed by atoms with Gasteiger partial charge in [0.1, 0.15) is 12.4 Å². The molecule has 0 saturated heterocycles. The highest BCUT2D eigenvalue weighted by atomic mass is 16.2. The summed E-state index contributed by atoms with van der Waals surface area (Å²) in [6.07, 6.45) is 0.727. The molecule has 0 atom stereocenters. The third kappa shape index (κ3) is 5.81. The van der Waals surface area contributed by atoms with Crippen molar-refractivity contribution in [1.29, 1.82) is 0 Å². The van der Waals surface area contributed by atoms with E-state index in [1.165, 1.54) is 4.90 Å². The largest absolute Gasteiger partial charge is 0.322 e. The number of nitrogens with one attached hydrogen (secondary N) is 2. The van der Waals surface area contributed by atoms with E-state index in [1.807, 2.05) is 106 Å². The quantitative estimate of drug-likeness (QED) is 0.322. The molecule has 4 aromatic rings. The van der Waals surface area contributed by atoms with Crippen LogP contribution < -0.4 is 10.6 Å². The van der Waals surface area contributed by atoms with Gasteiger partial charge in [0, 0.05) is 17.8 Å². The summed E-state index contributed by atoms with van der Waals surface area (Å²) in [6, 6.07) is 26.7. The van der Waals surface area contributed by atoms with Crippen LogP contribution in [0, 0.1) is 13.8 Å². The number of anilines is 2. The summed E-state index contributed by atoms with van der Waals surface area (Å²) in [5.74, 6) is 0.282. The lowest BCUT2D eigenvalue weighted by Gasteiger charge is -2.22. The van der Waals surface area contributed by atoms with E-state index in [4.69, 9.17) is 5.10 Å². The Kier molecular flexibility index (Phi) is 7.80. The summed E-state index contributed by atoms with van der Waals surface area (Å²) in [6.45, 7) is 6.30. The monoisotopic (exact) mass is 481 g/mol. The molecular formula is C29H31N5O2. The molecular weight excluding hydrogens is 450 g/mol. The molecule has 0 bridgehead atoms. The Morgan fingerprint density at radius 2 is 1.50 bits per heavy atom. The normalized spacial score (nSPS) is 10.6. The first-order valence-corrected chi connectivity index (χ1v) is 12.1. The Balaban J connectivity index is 1.63. The van der Waals surface area contributed by atoms with Gasteiger partial charge in [-0.3, -0.25) is 4.79 Å². The highest BCUT2D eigenvalue weighted by Gasteiger charge is 2.22. The molecule has 0 spiro atoms. The summed E-state index contributed by atoms with van der Waals surface area (Å²) < 4.78 is 1.75. The highest BCUT2D eigenvalue weighted by Crippen LogP contribution is 2.33. The van der Waals surface area contributed by atoms with Crippen LogP contribution in [0.15, 0.2) is 84.9 Å². The van der Waals surface area contributed by atoms with Gasteiger partial charge in [-0.05, 0) is 50.1 Å². The van der Waals surface area contributed by atoms with Gasteiger partial charge in [-0.1, -0.05) is 73.2 Å². The number of aromatic nitrogens is 2. The maximum absolute atomic E-state index is 13.3. The predicted molar refractivity (Wildman–Crippen MR) is 144 cm³/mol. The maximum Gasteiger partial charge on any atom is 0.322 e. The van der Waals surface area contributed by atoms with Gasteiger partial charge in [-0.2, -0.15) is 5.10 Å². The summed E-state index contributed by atoms with van der Waals surface area (Å²) >= 11 is 0. The number of hydrogen-bond acceptors (Lipinski definition) is 3. The van der Waals surface area contributed by atoms with E-state index in [-0.39, 0.29) is 18.5 Å². The van der Waals surface area contributed by atoms with Crippen LogP contribution in [-0.2, 0) is 4.79 Å². The minimum Gasteiger partial charge on any atom is -0.315 e. The van der Waals surface area contributed by atoms with Crippen molar-refractivity contribution < 1.29 is 9.59 Å². The Labute approximate surface area is 211 Å². The fraction of sp³-hybridized carbons (Fsp3) is 0.207. The van der Waals surface area contributed by atoms with Gasteiger partial charge in [-0.15, -0.1) is 0 Å². The summed E-state index contributed by atoms with van der Waals surface area (Å²) in [4.78, 5) is 27.7. The number of amides is 3. The molecule has 1 heterocycles. The van der Waals surface area contributed by atoms with Gasteiger partial charge < -0.3 is 15.5 Å². The van der Waals surface area contributed by atoms with Gasteiger partial charge in [0.05, 0.1) is 11.4 Å². The second kappa shape index (κ2) is 11.4. The van der Waals surface area contributed by atoms with Crippen molar-refractivity contribution in [2.75, 3.05) is 23.7 Å². The van der Waals surface area contributed by atoms with E-state index >= 15 is 0 Å². The van der Waals surface area contributed by atoms with Gasteiger partial charge in [0.15, 0.2) is 0 Å². The lowest BCUT2D eigenvalue weighted by molar-refractivity contribution is -0.116. The first kappa shape index (κ1) is 24.7. The standard InChI is InChI=1S/C29H31N5O2/c1-4-19-33(29(36)30-24-13-9-6-10-14-24)20-26(35)31-28-27(23-11-7-5-8-12-23)22(3)32-34(28)25-17-15-21(2)16-18-25/h5-18H,4,19-20H2,1-3H3,(H,30,36)(H,31,35). The van der Waals surface area contributed by atoms with Gasteiger partial charge in [-0.25, -0.2) is 9.48 Å². The Morgan fingerprint density at radius 1 is 0.861 bits per heavy atom. The van der Waals surface area contributed by atoms with Crippen LogP contribution in [0.2, 0.25) is 0 Å². The molecule has 184 valence electrons. The number of urea groups is 1. The maximum atomic E-state index is 13.3. The van der Waals surface area contributed by atoms with Crippen molar-refractivity contribution >= 4 is 23.4 Å². The minimum absolute atomic E-state index is 0.0845. The van der Waals surface area contributed by atoms with Crippen molar-refractivity contribution in [1.82, 2.24) is 14.7 Å². The number of hydrogen-bond donors (Lipinski definition) is 2. The van der Waals surface area contributed by atoms with Crippen molar-refractivity contribution in [3.8, 4) is 16.8 Å². The smallest absolute Gasteiger partial charge is 0.315 e. The molecule has 3 amide bonds. The van der Waals surface area contributed by atoms with Gasteiger partial charge >= 0.3 is 6.03 Å². The van der Waals surface area contributed by atoms with Crippen LogP contribution in [0.4, 0.5) is 16.3 Å². The van der Waals surface area contributed by atoms with Gasteiger partial charge in [0.25, 0.3) is 0 Å². The molecule has 7 heteroatoms. The first-order chi connectivity index (χ1) is 17.5. The molecule has 0 radical (unpaired) electrons. The number of carbonyl (C=O) groups is 2. The Bertz CT molecular complexity index is 1320. The summed E-state index contributed by atoms with van der Waals surface area (Å²) in [5.41, 5.74) is 5.26. The predicted octanol–water partition coefficient (Wildman–Crippen LogP) is 6.04. The fourth-order valence-corrected chi connectivity index (χ4v) is 4.06. The van der Waals surface area contributed by atoms with Crippen molar-refractivity contribution in [2.24, 2.45) is 0 Å². The highest BCUT2D eigenvalue weighted by molar-refractivity contribution is 5.99. The molecule has 0 saturated carbocycles. The van der Waals surface area contributed by atoms with Crippen LogP contribution in [0.3, 0.4) is 0 Å². The van der Waals surface area contributed by atoms with Crippen LogP contribution in [0.5, 0.6) is 0 Å². The zero-order chi connectivity index (χ0) is 25.5. The Hall–Kier alpha value is -4.39. The molecule has 0 aliphatic rings. The number of carbonyl (C=O) groups excluding carboxylic acids is 2. The topological polar surface area (TPSA) is 79.3 Å². The van der Waals surface area contributed by atoms with E-state index in [0.717, 1.165) is 34.5 Å². The molecule has 0 aliphatic carbocycles. The molecule has 0 fully saturated rings. The number of para-hydroxylation sites is 1. The first-order valence-electron chi connectivity index (χ1n) is 12.1. The zero-order valence-corrected chi connectivity index (χ0v) is 20.9. The van der Waals surface area contributed by atoms with Crippen LogP contribution in [0.1, 0.15) is 24.6 Å².